The van der Waals surface area contributed by atoms with Crippen LogP contribution in [0.1, 0.15) is 42.6 Å². The maximum Gasteiger partial charge on any atom is 0.265 e. The molecule has 3 rings (SSSR count). The van der Waals surface area contributed by atoms with Gasteiger partial charge < -0.3 is 4.74 Å². The monoisotopic (exact) mass is 385 g/mol. The normalized spacial score (nSPS) is 15.4. The number of benzene rings is 2. The van der Waals surface area contributed by atoms with Crippen molar-refractivity contribution in [3.05, 3.63) is 71.4 Å². The van der Waals surface area contributed by atoms with Crippen LogP contribution in [0.4, 0.5) is 0 Å². The van der Waals surface area contributed by atoms with E-state index in [1.165, 1.54) is 4.31 Å². The molecule has 0 saturated carbocycles. The summed E-state index contributed by atoms with van der Waals surface area (Å²) in [5.74, 6) is -0.0159. The van der Waals surface area contributed by atoms with Gasteiger partial charge in [-0.25, -0.2) is 8.42 Å². The molecule has 0 saturated heterocycles. The van der Waals surface area contributed by atoms with Gasteiger partial charge in [-0.3, -0.25) is 9.10 Å². The summed E-state index contributed by atoms with van der Waals surface area (Å²) in [4.78, 5) is 13.5. The highest BCUT2D eigenvalue weighted by atomic mass is 32.2. The fourth-order valence-corrected chi connectivity index (χ4v) is 4.84. The van der Waals surface area contributed by atoms with Crippen molar-refractivity contribution in [2.45, 2.75) is 31.6 Å². The topological polar surface area (TPSA) is 63.7 Å². The zero-order valence-electron chi connectivity index (χ0n) is 15.5. The lowest BCUT2D eigenvalue weighted by atomic mass is 10.0. The number of hydrogen-bond acceptors (Lipinski definition) is 4. The fourth-order valence-electron chi connectivity index (χ4n) is 3.09. The third kappa shape index (κ3) is 3.49. The van der Waals surface area contributed by atoms with Crippen molar-refractivity contribution in [2.75, 3.05) is 13.2 Å². The van der Waals surface area contributed by atoms with Crippen molar-refractivity contribution in [2.24, 2.45) is 0 Å². The number of carbonyl (C=O) groups is 1. The molecule has 1 aliphatic heterocycles. The van der Waals surface area contributed by atoms with E-state index in [1.54, 1.807) is 48.5 Å². The molecule has 0 radical (unpaired) electrons. The number of nitrogens with zero attached hydrogens (tertiary/aromatic N) is 1. The Bertz CT molecular complexity index is 965. The Morgan fingerprint density at radius 2 is 1.63 bits per heavy atom. The Balaban J connectivity index is 2.29. The summed E-state index contributed by atoms with van der Waals surface area (Å²) in [7, 11) is -3.83. The number of sulfonamides is 1. The molecule has 142 valence electrons. The van der Waals surface area contributed by atoms with Crippen LogP contribution in [-0.2, 0) is 14.8 Å². The van der Waals surface area contributed by atoms with Gasteiger partial charge in [0.25, 0.3) is 10.0 Å². The van der Waals surface area contributed by atoms with E-state index in [-0.39, 0.29) is 22.9 Å². The molecule has 1 aliphatic rings. The molecule has 0 amide bonds. The van der Waals surface area contributed by atoms with Crippen LogP contribution in [-0.4, -0.2) is 31.7 Å². The smallest absolute Gasteiger partial charge is 0.265 e. The summed E-state index contributed by atoms with van der Waals surface area (Å²) < 4.78 is 33.6. The second-order valence-electron chi connectivity index (χ2n) is 6.29. The maximum atomic E-state index is 13.3. The molecule has 2 aromatic rings. The second-order valence-corrected chi connectivity index (χ2v) is 8.13. The lowest BCUT2D eigenvalue weighted by Crippen LogP contribution is -2.39. The number of carbonyl (C=O) groups excluding carboxylic acids is 1. The first-order valence-electron chi connectivity index (χ1n) is 9.11. The molecule has 2 aromatic carbocycles. The van der Waals surface area contributed by atoms with Crippen LogP contribution < -0.4 is 0 Å². The molecule has 0 spiro atoms. The molecule has 6 heteroatoms. The highest BCUT2D eigenvalue weighted by molar-refractivity contribution is 7.89. The van der Waals surface area contributed by atoms with Crippen LogP contribution in [0.5, 0.6) is 0 Å². The Morgan fingerprint density at radius 1 is 0.963 bits per heavy atom. The molecule has 0 aliphatic carbocycles. The highest BCUT2D eigenvalue weighted by Gasteiger charge is 2.40. The summed E-state index contributed by atoms with van der Waals surface area (Å²) in [5, 5.41) is 0. The van der Waals surface area contributed by atoms with E-state index in [1.807, 2.05) is 19.9 Å². The molecule has 27 heavy (non-hydrogen) atoms. The van der Waals surface area contributed by atoms with Gasteiger partial charge in [-0.05, 0) is 25.0 Å². The molecule has 0 atom stereocenters. The zero-order valence-corrected chi connectivity index (χ0v) is 16.3. The van der Waals surface area contributed by atoms with E-state index < -0.39 is 10.0 Å². The number of hydrogen-bond donors (Lipinski definition) is 0. The predicted octanol–water partition coefficient (Wildman–Crippen LogP) is 4.08. The number of ketones is 1. The number of fused-ring (bicyclic) bond motifs is 1. The van der Waals surface area contributed by atoms with Gasteiger partial charge in [0.05, 0.1) is 11.5 Å². The third-order valence-electron chi connectivity index (χ3n) is 4.29. The zero-order chi connectivity index (χ0) is 19.4. The molecular formula is C21H23NO4S. The lowest BCUT2D eigenvalue weighted by Gasteiger charge is -2.33. The summed E-state index contributed by atoms with van der Waals surface area (Å²) in [6.07, 6.45) is 1.33. The van der Waals surface area contributed by atoms with Crippen molar-refractivity contribution < 1.29 is 17.9 Å². The lowest BCUT2D eigenvalue weighted by molar-refractivity contribution is 0.100. The van der Waals surface area contributed by atoms with Gasteiger partial charge in [0.2, 0.25) is 5.78 Å². The van der Waals surface area contributed by atoms with Gasteiger partial charge in [-0.2, -0.15) is 0 Å². The molecule has 1 heterocycles. The third-order valence-corrected chi connectivity index (χ3v) is 6.15. The van der Waals surface area contributed by atoms with E-state index >= 15 is 0 Å². The largest absolute Gasteiger partial charge is 0.491 e. The van der Waals surface area contributed by atoms with Gasteiger partial charge in [-0.1, -0.05) is 56.3 Å². The highest BCUT2D eigenvalue weighted by Crippen LogP contribution is 2.38. The van der Waals surface area contributed by atoms with E-state index in [2.05, 4.69) is 0 Å². The van der Waals surface area contributed by atoms with Gasteiger partial charge in [-0.15, -0.1) is 0 Å². The van der Waals surface area contributed by atoms with E-state index in [0.29, 0.717) is 29.9 Å². The number of ether oxygens (including phenoxy) is 1. The Labute approximate surface area is 160 Å². The number of Topliss-reactive ketones (excluding diaryl/α,β-unsaturated/α-hetero) is 1. The Morgan fingerprint density at radius 3 is 2.30 bits per heavy atom. The van der Waals surface area contributed by atoms with Crippen LogP contribution in [0.3, 0.4) is 0 Å². The predicted molar refractivity (Wildman–Crippen MR) is 105 cm³/mol. The first-order valence-corrected chi connectivity index (χ1v) is 10.5. The van der Waals surface area contributed by atoms with Crippen molar-refractivity contribution in [3.8, 4) is 0 Å². The SMILES string of the molecule is CCCOC1=C(C(=O)c2ccccc2)N(CCC)S(=O)(=O)c2ccccc21. The van der Waals surface area contributed by atoms with Gasteiger partial charge in [0, 0.05) is 17.7 Å². The van der Waals surface area contributed by atoms with Gasteiger partial charge in [0.1, 0.15) is 5.70 Å². The van der Waals surface area contributed by atoms with E-state index in [4.69, 9.17) is 4.74 Å². The van der Waals surface area contributed by atoms with Crippen molar-refractivity contribution in [1.29, 1.82) is 0 Å². The molecule has 0 N–H and O–H groups in total. The number of allylic oxidation sites excluding steroid dienone is 1. The second kappa shape index (κ2) is 7.96. The average Bonchev–Trinajstić information content (AvgIpc) is 2.69. The van der Waals surface area contributed by atoms with Crippen molar-refractivity contribution >= 4 is 21.6 Å². The summed E-state index contributed by atoms with van der Waals surface area (Å²) in [5.41, 5.74) is 0.966. The Kier molecular flexibility index (Phi) is 5.65. The minimum Gasteiger partial charge on any atom is -0.491 e. The number of rotatable bonds is 7. The quantitative estimate of drug-likeness (QED) is 0.674. The minimum absolute atomic E-state index is 0.0928. The van der Waals surface area contributed by atoms with Gasteiger partial charge >= 0.3 is 0 Å². The molecule has 0 fully saturated rings. The first kappa shape index (κ1) is 19.2. The van der Waals surface area contributed by atoms with Crippen LogP contribution in [0.15, 0.2) is 65.2 Å². The van der Waals surface area contributed by atoms with Crippen LogP contribution >= 0.6 is 0 Å². The van der Waals surface area contributed by atoms with Crippen molar-refractivity contribution in [1.82, 2.24) is 4.31 Å². The molecular weight excluding hydrogens is 362 g/mol. The summed E-state index contributed by atoms with van der Waals surface area (Å²) in [6.45, 7) is 4.46. The standard InChI is InChI=1S/C21H23NO4S/c1-3-14-22-19(20(23)16-10-6-5-7-11-16)21(26-15-4-2)17-12-8-9-13-18(17)27(22,24)25/h5-13H,3-4,14-15H2,1-2H3. The molecule has 0 bridgehead atoms. The van der Waals surface area contributed by atoms with E-state index in [0.717, 1.165) is 6.42 Å². The average molecular weight is 385 g/mol. The summed E-state index contributed by atoms with van der Waals surface area (Å²) >= 11 is 0. The summed E-state index contributed by atoms with van der Waals surface area (Å²) in [6, 6.07) is 15.4. The van der Waals surface area contributed by atoms with E-state index in [9.17, 15) is 13.2 Å². The Hall–Kier alpha value is -2.60. The fraction of sp³-hybridized carbons (Fsp3) is 0.286. The van der Waals surface area contributed by atoms with Crippen molar-refractivity contribution in [3.63, 3.8) is 0 Å². The minimum atomic E-state index is -3.83. The van der Waals surface area contributed by atoms with Crippen LogP contribution in [0.2, 0.25) is 0 Å². The maximum absolute atomic E-state index is 13.3. The molecule has 0 unspecified atom stereocenters. The molecule has 5 nitrogen and oxygen atoms in total. The molecule has 0 aromatic heterocycles. The van der Waals surface area contributed by atoms with Crippen LogP contribution in [0.25, 0.3) is 5.76 Å². The first-order chi connectivity index (χ1) is 13.0. The van der Waals surface area contributed by atoms with Gasteiger partial charge in [0.15, 0.2) is 5.76 Å². The van der Waals surface area contributed by atoms with Crippen LogP contribution in [0, 0.1) is 0 Å².